The molecule has 3 heterocycles. The SMILES string of the molecule is COc1cc(N2CCNCC2)ccc1Nc1ncc(-c2ccc(Cl)c(O[C@@H](C)Cn3cnnn3)c2)cn1. The summed E-state index contributed by atoms with van der Waals surface area (Å²) in [5, 5.41) is 18.3. The normalized spacial score (nSPS) is 14.3. The smallest absolute Gasteiger partial charge is 0.227 e. The Kier molecular flexibility index (Phi) is 7.62. The summed E-state index contributed by atoms with van der Waals surface area (Å²) in [5.74, 6) is 1.77. The molecular weight excluding hydrogens is 494 g/mol. The van der Waals surface area contributed by atoms with Crippen molar-refractivity contribution in [2.75, 3.05) is 43.5 Å². The quantitative estimate of drug-likeness (QED) is 0.339. The topological polar surface area (TPSA) is 115 Å². The van der Waals surface area contributed by atoms with Crippen LogP contribution in [0.25, 0.3) is 11.1 Å². The zero-order valence-corrected chi connectivity index (χ0v) is 21.4. The van der Waals surface area contributed by atoms with Gasteiger partial charge in [-0.2, -0.15) is 0 Å². The molecule has 12 heteroatoms. The zero-order chi connectivity index (χ0) is 25.6. The van der Waals surface area contributed by atoms with E-state index in [1.165, 1.54) is 0 Å². The Bertz CT molecular complexity index is 1310. The van der Waals surface area contributed by atoms with Crippen molar-refractivity contribution in [1.82, 2.24) is 35.5 Å². The number of piperazine rings is 1. The van der Waals surface area contributed by atoms with E-state index in [0.29, 0.717) is 23.3 Å². The van der Waals surface area contributed by atoms with Gasteiger partial charge in [0.25, 0.3) is 0 Å². The van der Waals surface area contributed by atoms with Gasteiger partial charge in [0.2, 0.25) is 5.95 Å². The Labute approximate surface area is 219 Å². The second-order valence-electron chi connectivity index (χ2n) is 8.65. The summed E-state index contributed by atoms with van der Waals surface area (Å²) in [5.41, 5.74) is 3.65. The molecule has 1 aliphatic rings. The maximum atomic E-state index is 6.38. The summed E-state index contributed by atoms with van der Waals surface area (Å²) in [4.78, 5) is 11.3. The van der Waals surface area contributed by atoms with Crippen molar-refractivity contribution < 1.29 is 9.47 Å². The number of hydrogen-bond donors (Lipinski definition) is 2. The first-order chi connectivity index (χ1) is 18.1. The first kappa shape index (κ1) is 24.7. The van der Waals surface area contributed by atoms with E-state index in [2.05, 4.69) is 47.1 Å². The van der Waals surface area contributed by atoms with Crippen LogP contribution < -0.4 is 25.0 Å². The molecule has 5 rings (SSSR count). The van der Waals surface area contributed by atoms with Gasteiger partial charge in [0.05, 0.1) is 24.4 Å². The Morgan fingerprint density at radius 1 is 1.05 bits per heavy atom. The van der Waals surface area contributed by atoms with Crippen molar-refractivity contribution in [3.8, 4) is 22.6 Å². The Morgan fingerprint density at radius 2 is 1.86 bits per heavy atom. The molecule has 11 nitrogen and oxygen atoms in total. The third kappa shape index (κ3) is 6.07. The Morgan fingerprint density at radius 3 is 2.59 bits per heavy atom. The van der Waals surface area contributed by atoms with Gasteiger partial charge in [-0.1, -0.05) is 17.7 Å². The van der Waals surface area contributed by atoms with Crippen LogP contribution in [-0.4, -0.2) is 69.6 Å². The van der Waals surface area contributed by atoms with Gasteiger partial charge < -0.3 is 25.0 Å². The van der Waals surface area contributed by atoms with Gasteiger partial charge >= 0.3 is 0 Å². The van der Waals surface area contributed by atoms with Crippen LogP contribution >= 0.6 is 11.6 Å². The molecule has 1 aliphatic heterocycles. The summed E-state index contributed by atoms with van der Waals surface area (Å²) in [7, 11) is 1.66. The van der Waals surface area contributed by atoms with E-state index >= 15 is 0 Å². The summed E-state index contributed by atoms with van der Waals surface area (Å²) in [6.07, 6.45) is 4.87. The molecule has 2 N–H and O–H groups in total. The third-order valence-electron chi connectivity index (χ3n) is 5.99. The molecule has 4 aromatic rings. The minimum atomic E-state index is -0.188. The predicted octanol–water partition coefficient (Wildman–Crippen LogP) is 3.41. The molecule has 0 saturated carbocycles. The number of methoxy groups -OCH3 is 1. The number of halogens is 1. The van der Waals surface area contributed by atoms with Gasteiger partial charge in [-0.3, -0.25) is 0 Å². The highest BCUT2D eigenvalue weighted by atomic mass is 35.5. The third-order valence-corrected chi connectivity index (χ3v) is 6.31. The lowest BCUT2D eigenvalue weighted by Crippen LogP contribution is -2.43. The number of aromatic nitrogens is 6. The van der Waals surface area contributed by atoms with Crippen molar-refractivity contribution in [1.29, 1.82) is 0 Å². The van der Waals surface area contributed by atoms with Gasteiger partial charge in [0, 0.05) is 55.9 Å². The van der Waals surface area contributed by atoms with Crippen molar-refractivity contribution in [3.05, 3.63) is 60.1 Å². The molecule has 0 spiro atoms. The molecule has 192 valence electrons. The van der Waals surface area contributed by atoms with Crippen LogP contribution in [0, 0.1) is 0 Å². The average molecular weight is 522 g/mol. The van der Waals surface area contributed by atoms with Gasteiger partial charge in [0.1, 0.15) is 23.9 Å². The highest BCUT2D eigenvalue weighted by Crippen LogP contribution is 2.33. The van der Waals surface area contributed by atoms with Crippen LogP contribution in [0.1, 0.15) is 6.92 Å². The number of anilines is 3. The minimum Gasteiger partial charge on any atom is -0.494 e. The van der Waals surface area contributed by atoms with E-state index < -0.39 is 0 Å². The number of nitrogens with zero attached hydrogens (tertiary/aromatic N) is 7. The van der Waals surface area contributed by atoms with E-state index in [-0.39, 0.29) is 6.10 Å². The number of benzene rings is 2. The van der Waals surface area contributed by atoms with Crippen LogP contribution in [0.15, 0.2) is 55.1 Å². The summed E-state index contributed by atoms with van der Waals surface area (Å²) in [6, 6.07) is 11.7. The van der Waals surface area contributed by atoms with E-state index in [0.717, 1.165) is 54.4 Å². The second-order valence-corrected chi connectivity index (χ2v) is 9.05. The molecule has 0 radical (unpaired) electrons. The monoisotopic (exact) mass is 521 g/mol. The average Bonchev–Trinajstić information content (AvgIpc) is 3.44. The molecule has 0 aliphatic carbocycles. The molecule has 0 unspecified atom stereocenters. The number of hydrogen-bond acceptors (Lipinski definition) is 10. The maximum absolute atomic E-state index is 6.38. The van der Waals surface area contributed by atoms with E-state index in [4.69, 9.17) is 21.1 Å². The largest absolute Gasteiger partial charge is 0.494 e. The number of tetrazole rings is 1. The fourth-order valence-electron chi connectivity index (χ4n) is 4.12. The van der Waals surface area contributed by atoms with Crippen molar-refractivity contribution in [3.63, 3.8) is 0 Å². The van der Waals surface area contributed by atoms with Crippen molar-refractivity contribution in [2.24, 2.45) is 0 Å². The summed E-state index contributed by atoms with van der Waals surface area (Å²) in [6.45, 7) is 6.31. The van der Waals surface area contributed by atoms with E-state index in [9.17, 15) is 0 Å². The second kappa shape index (κ2) is 11.4. The lowest BCUT2D eigenvalue weighted by molar-refractivity contribution is 0.193. The standard InChI is InChI=1S/C25H28ClN9O2/c1-17(15-35-16-30-32-33-35)37-23-11-18(3-5-21(23)26)19-13-28-25(29-14-19)31-22-6-4-20(12-24(22)36-2)34-9-7-27-8-10-34/h3-6,11-14,16-17,27H,7-10,15H2,1-2H3,(H,28,29,31)/t17-/m0/s1. The number of ether oxygens (including phenoxy) is 2. The fraction of sp³-hybridized carbons (Fsp3) is 0.320. The molecule has 1 atom stereocenters. The lowest BCUT2D eigenvalue weighted by atomic mass is 10.1. The van der Waals surface area contributed by atoms with Gasteiger partial charge in [0.15, 0.2) is 0 Å². The van der Waals surface area contributed by atoms with Crippen molar-refractivity contribution >= 4 is 28.9 Å². The number of rotatable bonds is 9. The molecule has 2 aromatic heterocycles. The minimum absolute atomic E-state index is 0.188. The summed E-state index contributed by atoms with van der Waals surface area (Å²) < 4.78 is 13.3. The molecule has 0 bridgehead atoms. The van der Waals surface area contributed by atoms with Crippen LogP contribution in [0.2, 0.25) is 5.02 Å². The van der Waals surface area contributed by atoms with E-state index in [1.54, 1.807) is 36.6 Å². The number of nitrogens with one attached hydrogen (secondary N) is 2. The predicted molar refractivity (Wildman–Crippen MR) is 142 cm³/mol. The van der Waals surface area contributed by atoms with Crippen LogP contribution in [0.5, 0.6) is 11.5 Å². The first-order valence-corrected chi connectivity index (χ1v) is 12.4. The fourth-order valence-corrected chi connectivity index (χ4v) is 4.28. The highest BCUT2D eigenvalue weighted by molar-refractivity contribution is 6.32. The van der Waals surface area contributed by atoms with Crippen LogP contribution in [-0.2, 0) is 6.54 Å². The zero-order valence-electron chi connectivity index (χ0n) is 20.6. The van der Waals surface area contributed by atoms with Gasteiger partial charge in [-0.25, -0.2) is 14.6 Å². The van der Waals surface area contributed by atoms with Gasteiger partial charge in [-0.15, -0.1) is 5.10 Å². The first-order valence-electron chi connectivity index (χ1n) is 12.0. The van der Waals surface area contributed by atoms with Crippen molar-refractivity contribution in [2.45, 2.75) is 19.6 Å². The lowest BCUT2D eigenvalue weighted by Gasteiger charge is -2.30. The van der Waals surface area contributed by atoms with Gasteiger partial charge in [-0.05, 0) is 47.2 Å². The highest BCUT2D eigenvalue weighted by Gasteiger charge is 2.15. The van der Waals surface area contributed by atoms with Crippen LogP contribution in [0.4, 0.5) is 17.3 Å². The maximum Gasteiger partial charge on any atom is 0.227 e. The molecular formula is C25H28ClN9O2. The summed E-state index contributed by atoms with van der Waals surface area (Å²) >= 11 is 6.38. The molecule has 1 fully saturated rings. The molecule has 1 saturated heterocycles. The Balaban J connectivity index is 1.27. The van der Waals surface area contributed by atoms with E-state index in [1.807, 2.05) is 31.2 Å². The van der Waals surface area contributed by atoms with Crippen LogP contribution in [0.3, 0.4) is 0 Å². The Hall–Kier alpha value is -3.96. The molecule has 37 heavy (non-hydrogen) atoms. The molecule has 0 amide bonds. The molecule has 2 aromatic carbocycles.